The Hall–Kier alpha value is -2.37. The molecule has 0 N–H and O–H groups in total. The lowest BCUT2D eigenvalue weighted by Gasteiger charge is -2.15. The SMILES string of the molecule is CCOC(=O)Cc1cc(OC(F)F)c(C#N)c(C(F)(F)F)c1. The van der Waals surface area contributed by atoms with Crippen molar-refractivity contribution in [2.24, 2.45) is 0 Å². The lowest BCUT2D eigenvalue weighted by Crippen LogP contribution is -2.14. The number of halogens is 5. The van der Waals surface area contributed by atoms with Crippen LogP contribution < -0.4 is 4.74 Å². The van der Waals surface area contributed by atoms with Crippen molar-refractivity contribution in [1.29, 1.82) is 5.26 Å². The monoisotopic (exact) mass is 323 g/mol. The Morgan fingerprint density at radius 2 is 2.00 bits per heavy atom. The van der Waals surface area contributed by atoms with Crippen molar-refractivity contribution < 1.29 is 36.2 Å². The molecule has 0 aliphatic carbocycles. The maximum atomic E-state index is 12.9. The number of ether oxygens (including phenoxy) is 2. The van der Waals surface area contributed by atoms with Gasteiger partial charge in [-0.05, 0) is 24.6 Å². The number of rotatable bonds is 5. The van der Waals surface area contributed by atoms with Crippen LogP contribution in [0.25, 0.3) is 0 Å². The Bertz CT molecular complexity index is 593. The summed E-state index contributed by atoms with van der Waals surface area (Å²) in [4.78, 5) is 11.3. The van der Waals surface area contributed by atoms with Gasteiger partial charge in [0.15, 0.2) is 0 Å². The molecule has 0 saturated carbocycles. The third kappa shape index (κ3) is 4.58. The number of hydrogen-bond acceptors (Lipinski definition) is 4. The van der Waals surface area contributed by atoms with E-state index in [4.69, 9.17) is 5.26 Å². The molecule has 1 aromatic rings. The highest BCUT2D eigenvalue weighted by atomic mass is 19.4. The molecular formula is C13H10F5NO3. The van der Waals surface area contributed by atoms with E-state index in [1.165, 1.54) is 13.0 Å². The lowest BCUT2D eigenvalue weighted by molar-refractivity contribution is -0.142. The fourth-order valence-electron chi connectivity index (χ4n) is 1.68. The van der Waals surface area contributed by atoms with E-state index in [9.17, 15) is 26.7 Å². The largest absolute Gasteiger partial charge is 0.466 e. The van der Waals surface area contributed by atoms with Gasteiger partial charge in [-0.15, -0.1) is 0 Å². The van der Waals surface area contributed by atoms with Crippen LogP contribution in [-0.4, -0.2) is 19.2 Å². The highest BCUT2D eigenvalue weighted by molar-refractivity contribution is 5.73. The first-order chi connectivity index (χ1) is 10.2. The third-order valence-electron chi connectivity index (χ3n) is 2.45. The zero-order chi connectivity index (χ0) is 16.9. The van der Waals surface area contributed by atoms with E-state index in [0.29, 0.717) is 6.07 Å². The Balaban J connectivity index is 3.36. The van der Waals surface area contributed by atoms with Gasteiger partial charge in [0.1, 0.15) is 17.4 Å². The van der Waals surface area contributed by atoms with Crippen LogP contribution in [-0.2, 0) is 22.1 Å². The van der Waals surface area contributed by atoms with Crippen molar-refractivity contribution >= 4 is 5.97 Å². The Labute approximate surface area is 122 Å². The van der Waals surface area contributed by atoms with E-state index < -0.39 is 42.1 Å². The fourth-order valence-corrected chi connectivity index (χ4v) is 1.68. The zero-order valence-corrected chi connectivity index (χ0v) is 11.2. The highest BCUT2D eigenvalue weighted by Crippen LogP contribution is 2.37. The summed E-state index contributed by atoms with van der Waals surface area (Å²) in [5, 5.41) is 8.77. The van der Waals surface area contributed by atoms with Crippen molar-refractivity contribution in [3.05, 3.63) is 28.8 Å². The smallest absolute Gasteiger partial charge is 0.417 e. The maximum absolute atomic E-state index is 12.9. The van der Waals surface area contributed by atoms with Gasteiger partial charge >= 0.3 is 18.8 Å². The van der Waals surface area contributed by atoms with Crippen LogP contribution in [0.4, 0.5) is 22.0 Å². The van der Waals surface area contributed by atoms with E-state index in [-0.39, 0.29) is 12.2 Å². The zero-order valence-electron chi connectivity index (χ0n) is 11.2. The average Bonchev–Trinajstić information content (AvgIpc) is 2.36. The second kappa shape index (κ2) is 7.06. The van der Waals surface area contributed by atoms with Gasteiger partial charge in [0, 0.05) is 0 Å². The van der Waals surface area contributed by atoms with Crippen molar-refractivity contribution in [2.45, 2.75) is 26.1 Å². The van der Waals surface area contributed by atoms with Gasteiger partial charge in [-0.3, -0.25) is 4.79 Å². The van der Waals surface area contributed by atoms with Gasteiger partial charge < -0.3 is 9.47 Å². The van der Waals surface area contributed by atoms with Gasteiger partial charge in [-0.2, -0.15) is 27.2 Å². The molecule has 0 heterocycles. The molecule has 120 valence electrons. The molecule has 0 fully saturated rings. The van der Waals surface area contributed by atoms with E-state index in [1.54, 1.807) is 0 Å². The first-order valence-corrected chi connectivity index (χ1v) is 5.93. The van der Waals surface area contributed by atoms with E-state index in [2.05, 4.69) is 9.47 Å². The number of nitriles is 1. The summed E-state index contributed by atoms with van der Waals surface area (Å²) in [6.07, 6.45) is -5.53. The lowest BCUT2D eigenvalue weighted by atomic mass is 10.0. The highest BCUT2D eigenvalue weighted by Gasteiger charge is 2.36. The minimum Gasteiger partial charge on any atom is -0.466 e. The average molecular weight is 323 g/mol. The molecule has 22 heavy (non-hydrogen) atoms. The summed E-state index contributed by atoms with van der Waals surface area (Å²) < 4.78 is 71.8. The first kappa shape index (κ1) is 17.7. The molecule has 0 radical (unpaired) electrons. The standard InChI is InChI=1S/C13H10F5NO3/c1-2-21-11(20)5-7-3-9(13(16,17)18)8(6-19)10(4-7)22-12(14)15/h3-4,12H,2,5H2,1H3. The molecular weight excluding hydrogens is 313 g/mol. The molecule has 0 atom stereocenters. The number of alkyl halides is 5. The second-order valence-electron chi connectivity index (χ2n) is 3.99. The molecule has 0 aliphatic heterocycles. The number of nitrogens with zero attached hydrogens (tertiary/aromatic N) is 1. The van der Waals surface area contributed by atoms with E-state index in [0.717, 1.165) is 6.07 Å². The Kier molecular flexibility index (Phi) is 5.68. The van der Waals surface area contributed by atoms with Crippen molar-refractivity contribution in [2.75, 3.05) is 6.61 Å². The normalized spacial score (nSPS) is 11.2. The third-order valence-corrected chi connectivity index (χ3v) is 2.45. The predicted molar refractivity (Wildman–Crippen MR) is 63.1 cm³/mol. The summed E-state index contributed by atoms with van der Waals surface area (Å²) in [5.74, 6) is -1.77. The molecule has 0 aromatic heterocycles. The van der Waals surface area contributed by atoms with Crippen LogP contribution in [0.1, 0.15) is 23.6 Å². The number of carbonyl (C=O) groups excluding carboxylic acids is 1. The van der Waals surface area contributed by atoms with Crippen LogP contribution in [0.2, 0.25) is 0 Å². The van der Waals surface area contributed by atoms with Crippen LogP contribution >= 0.6 is 0 Å². The van der Waals surface area contributed by atoms with Crippen LogP contribution in [0.5, 0.6) is 5.75 Å². The maximum Gasteiger partial charge on any atom is 0.417 e. The van der Waals surface area contributed by atoms with Gasteiger partial charge in [0.05, 0.1) is 18.6 Å². The number of esters is 1. The van der Waals surface area contributed by atoms with Crippen molar-refractivity contribution in [3.8, 4) is 11.8 Å². The molecule has 0 amide bonds. The summed E-state index contributed by atoms with van der Waals surface area (Å²) in [6.45, 7) is -1.89. The fraction of sp³-hybridized carbons (Fsp3) is 0.385. The predicted octanol–water partition coefficient (Wildman–Crippen LogP) is 3.28. The molecule has 0 saturated heterocycles. The summed E-state index contributed by atoms with van der Waals surface area (Å²) in [7, 11) is 0. The minimum absolute atomic E-state index is 0.0155. The molecule has 0 aliphatic rings. The summed E-state index contributed by atoms with van der Waals surface area (Å²) >= 11 is 0. The molecule has 0 bridgehead atoms. The first-order valence-electron chi connectivity index (χ1n) is 5.93. The number of benzene rings is 1. The number of carbonyl (C=O) groups is 1. The molecule has 1 rings (SSSR count). The molecule has 4 nitrogen and oxygen atoms in total. The van der Waals surface area contributed by atoms with Gasteiger partial charge in [0.2, 0.25) is 0 Å². The molecule has 9 heteroatoms. The van der Waals surface area contributed by atoms with Gasteiger partial charge in [0.25, 0.3) is 0 Å². The van der Waals surface area contributed by atoms with E-state index >= 15 is 0 Å². The molecule has 1 aromatic carbocycles. The van der Waals surface area contributed by atoms with Gasteiger partial charge in [-0.25, -0.2) is 0 Å². The minimum atomic E-state index is -4.96. The van der Waals surface area contributed by atoms with Crippen LogP contribution in [0, 0.1) is 11.3 Å². The summed E-state index contributed by atoms with van der Waals surface area (Å²) in [5.41, 5.74) is -2.77. The Morgan fingerprint density at radius 1 is 1.36 bits per heavy atom. The van der Waals surface area contributed by atoms with Gasteiger partial charge in [-0.1, -0.05) is 0 Å². The van der Waals surface area contributed by atoms with Crippen molar-refractivity contribution in [1.82, 2.24) is 0 Å². The van der Waals surface area contributed by atoms with E-state index in [1.807, 2.05) is 0 Å². The van der Waals surface area contributed by atoms with Crippen LogP contribution in [0.3, 0.4) is 0 Å². The molecule has 0 unspecified atom stereocenters. The van der Waals surface area contributed by atoms with Crippen LogP contribution in [0.15, 0.2) is 12.1 Å². The summed E-state index contributed by atoms with van der Waals surface area (Å²) in [6, 6.07) is 2.51. The Morgan fingerprint density at radius 3 is 2.45 bits per heavy atom. The quantitative estimate of drug-likeness (QED) is 0.616. The second-order valence-corrected chi connectivity index (χ2v) is 3.99. The topological polar surface area (TPSA) is 59.3 Å². The molecule has 0 spiro atoms. The number of hydrogen-bond donors (Lipinski definition) is 0. The van der Waals surface area contributed by atoms with Crippen molar-refractivity contribution in [3.63, 3.8) is 0 Å².